The van der Waals surface area contributed by atoms with Gasteiger partial charge in [0.2, 0.25) is 0 Å². The molecule has 0 bridgehead atoms. The molecule has 21 heavy (non-hydrogen) atoms. The summed E-state index contributed by atoms with van der Waals surface area (Å²) < 4.78 is 10.3. The summed E-state index contributed by atoms with van der Waals surface area (Å²) in [4.78, 5) is 11.9. The van der Waals surface area contributed by atoms with Gasteiger partial charge in [-0.2, -0.15) is 0 Å². The van der Waals surface area contributed by atoms with E-state index in [4.69, 9.17) is 9.47 Å². The molecule has 0 fully saturated rings. The molecule has 0 aliphatic carbocycles. The Labute approximate surface area is 122 Å². The van der Waals surface area contributed by atoms with Gasteiger partial charge in [-0.15, -0.1) is 0 Å². The van der Waals surface area contributed by atoms with Crippen molar-refractivity contribution in [1.82, 2.24) is 0 Å². The highest BCUT2D eigenvalue weighted by Gasteiger charge is 2.08. The number of aromatic hydroxyl groups is 1. The molecule has 0 heterocycles. The number of phenols is 1. The van der Waals surface area contributed by atoms with Crippen LogP contribution in [0.3, 0.4) is 0 Å². The van der Waals surface area contributed by atoms with E-state index in [1.165, 1.54) is 20.3 Å². The van der Waals surface area contributed by atoms with Crippen molar-refractivity contribution in [2.75, 3.05) is 24.9 Å². The molecular weight excluding hydrogens is 272 g/mol. The van der Waals surface area contributed by atoms with Crippen molar-refractivity contribution in [3.05, 3.63) is 42.5 Å². The fourth-order valence-electron chi connectivity index (χ4n) is 1.78. The molecule has 2 rings (SSSR count). The molecule has 0 unspecified atom stereocenters. The van der Waals surface area contributed by atoms with Gasteiger partial charge in [0.1, 0.15) is 5.75 Å². The quantitative estimate of drug-likeness (QED) is 0.755. The summed E-state index contributed by atoms with van der Waals surface area (Å²) in [7, 11) is 3.06. The van der Waals surface area contributed by atoms with E-state index >= 15 is 0 Å². The first kappa shape index (κ1) is 14.5. The van der Waals surface area contributed by atoms with Crippen molar-refractivity contribution in [2.45, 2.75) is 0 Å². The van der Waals surface area contributed by atoms with Crippen LogP contribution in [0.2, 0.25) is 0 Å². The summed E-state index contributed by atoms with van der Waals surface area (Å²) in [5.41, 5.74) is 0.871. The Balaban J connectivity index is 2.08. The molecule has 0 saturated carbocycles. The van der Waals surface area contributed by atoms with E-state index in [0.717, 1.165) is 0 Å². The average Bonchev–Trinajstić information content (AvgIpc) is 2.49. The Morgan fingerprint density at radius 3 is 2.38 bits per heavy atom. The Morgan fingerprint density at radius 1 is 1.00 bits per heavy atom. The van der Waals surface area contributed by atoms with Crippen LogP contribution in [0.1, 0.15) is 0 Å². The smallest absolute Gasteiger partial charge is 0.323 e. The molecule has 6 nitrogen and oxygen atoms in total. The van der Waals surface area contributed by atoms with Crippen molar-refractivity contribution in [3.63, 3.8) is 0 Å². The topological polar surface area (TPSA) is 79.8 Å². The van der Waals surface area contributed by atoms with E-state index in [1.807, 2.05) is 0 Å². The monoisotopic (exact) mass is 288 g/mol. The molecule has 0 spiro atoms. The summed E-state index contributed by atoms with van der Waals surface area (Å²) in [6.07, 6.45) is 0. The number of methoxy groups -OCH3 is 2. The first-order valence-electron chi connectivity index (χ1n) is 6.22. The van der Waals surface area contributed by atoms with Gasteiger partial charge in [-0.25, -0.2) is 4.79 Å². The number of carbonyl (C=O) groups excluding carboxylic acids is 1. The summed E-state index contributed by atoms with van der Waals surface area (Å²) in [6.45, 7) is 0. The second-order valence-electron chi connectivity index (χ2n) is 4.17. The molecule has 0 saturated heterocycles. The highest BCUT2D eigenvalue weighted by Crippen LogP contribution is 2.30. The highest BCUT2D eigenvalue weighted by atomic mass is 16.5. The fraction of sp³-hybridized carbons (Fsp3) is 0.133. The average molecular weight is 288 g/mol. The zero-order valence-electron chi connectivity index (χ0n) is 11.7. The van der Waals surface area contributed by atoms with Crippen molar-refractivity contribution in [3.8, 4) is 17.2 Å². The zero-order chi connectivity index (χ0) is 15.2. The number of benzene rings is 2. The van der Waals surface area contributed by atoms with Gasteiger partial charge in [0, 0.05) is 11.8 Å². The number of anilines is 2. The second kappa shape index (κ2) is 6.51. The number of nitrogens with one attached hydrogen (secondary N) is 2. The van der Waals surface area contributed by atoms with Gasteiger partial charge in [-0.05, 0) is 24.3 Å². The van der Waals surface area contributed by atoms with Crippen LogP contribution in [0.25, 0.3) is 0 Å². The molecule has 0 aliphatic rings. The van der Waals surface area contributed by atoms with Crippen molar-refractivity contribution < 1.29 is 19.4 Å². The van der Waals surface area contributed by atoms with Gasteiger partial charge in [0.05, 0.1) is 19.9 Å². The fourth-order valence-corrected chi connectivity index (χ4v) is 1.78. The van der Waals surface area contributed by atoms with Crippen LogP contribution in [-0.4, -0.2) is 25.4 Å². The molecule has 2 amide bonds. The third-order valence-electron chi connectivity index (χ3n) is 2.79. The van der Waals surface area contributed by atoms with Crippen molar-refractivity contribution >= 4 is 17.4 Å². The van der Waals surface area contributed by atoms with Crippen molar-refractivity contribution in [2.24, 2.45) is 0 Å². The normalized spacial score (nSPS) is 9.81. The van der Waals surface area contributed by atoms with Gasteiger partial charge in [0.25, 0.3) is 0 Å². The number of ether oxygens (including phenoxy) is 2. The summed E-state index contributed by atoms with van der Waals surface area (Å²) in [5, 5.41) is 14.8. The lowest BCUT2D eigenvalue weighted by atomic mass is 10.2. The molecule has 6 heteroatoms. The molecule has 0 aromatic heterocycles. The lowest BCUT2D eigenvalue weighted by Gasteiger charge is -2.11. The van der Waals surface area contributed by atoms with Gasteiger partial charge in [0.15, 0.2) is 11.5 Å². The number of hydrogen-bond donors (Lipinski definition) is 3. The minimum Gasteiger partial charge on any atom is -0.506 e. The molecule has 2 aromatic carbocycles. The molecule has 0 radical (unpaired) electrons. The Kier molecular flexibility index (Phi) is 4.50. The Hall–Kier alpha value is -2.89. The van der Waals surface area contributed by atoms with Gasteiger partial charge < -0.3 is 25.2 Å². The van der Waals surface area contributed by atoms with E-state index in [2.05, 4.69) is 10.6 Å². The summed E-state index contributed by atoms with van der Waals surface area (Å²) >= 11 is 0. The van der Waals surface area contributed by atoms with E-state index < -0.39 is 6.03 Å². The van der Waals surface area contributed by atoms with E-state index in [9.17, 15) is 9.90 Å². The molecule has 2 aromatic rings. The molecule has 0 aliphatic heterocycles. The Morgan fingerprint density at radius 2 is 1.71 bits per heavy atom. The standard InChI is InChI=1S/C15H16N2O4/c1-20-13-8-7-10(9-14(13)21-2)16-15(19)17-11-5-3-4-6-12(11)18/h3-9,18H,1-2H3,(H2,16,17,19). The first-order valence-corrected chi connectivity index (χ1v) is 6.22. The minimum absolute atomic E-state index is 0.0000357. The number of phenolic OH excluding ortho intramolecular Hbond substituents is 1. The minimum atomic E-state index is -0.469. The number of urea groups is 1. The van der Waals surface area contributed by atoms with Gasteiger partial charge in [-0.3, -0.25) is 0 Å². The summed E-state index contributed by atoms with van der Waals surface area (Å²) in [6, 6.07) is 11.0. The van der Waals surface area contributed by atoms with Crippen LogP contribution in [0.5, 0.6) is 17.2 Å². The number of hydrogen-bond acceptors (Lipinski definition) is 4. The maximum atomic E-state index is 11.9. The predicted molar refractivity (Wildman–Crippen MR) is 80.3 cm³/mol. The summed E-state index contributed by atoms with van der Waals surface area (Å²) in [5.74, 6) is 1.09. The third kappa shape index (κ3) is 3.56. The molecule has 0 atom stereocenters. The van der Waals surface area contributed by atoms with Crippen LogP contribution in [-0.2, 0) is 0 Å². The lowest BCUT2D eigenvalue weighted by molar-refractivity contribution is 0.262. The molecule has 3 N–H and O–H groups in total. The van der Waals surface area contributed by atoms with Crippen molar-refractivity contribution in [1.29, 1.82) is 0 Å². The van der Waals surface area contributed by atoms with Crippen LogP contribution in [0, 0.1) is 0 Å². The van der Waals surface area contributed by atoms with E-state index in [0.29, 0.717) is 22.9 Å². The number of rotatable bonds is 4. The van der Waals surface area contributed by atoms with Crippen LogP contribution < -0.4 is 20.1 Å². The van der Waals surface area contributed by atoms with Gasteiger partial charge >= 0.3 is 6.03 Å². The first-order chi connectivity index (χ1) is 10.1. The maximum Gasteiger partial charge on any atom is 0.323 e. The van der Waals surface area contributed by atoms with Gasteiger partial charge in [-0.1, -0.05) is 12.1 Å². The van der Waals surface area contributed by atoms with E-state index in [-0.39, 0.29) is 5.75 Å². The number of amides is 2. The Bertz CT molecular complexity index is 643. The third-order valence-corrected chi connectivity index (χ3v) is 2.79. The van der Waals surface area contributed by atoms with Crippen LogP contribution in [0.4, 0.5) is 16.2 Å². The zero-order valence-corrected chi connectivity index (χ0v) is 11.7. The second-order valence-corrected chi connectivity index (χ2v) is 4.17. The molecular formula is C15H16N2O4. The predicted octanol–water partition coefficient (Wildman–Crippen LogP) is 3.05. The van der Waals surface area contributed by atoms with Crippen LogP contribution >= 0.6 is 0 Å². The number of carbonyl (C=O) groups is 1. The SMILES string of the molecule is COc1ccc(NC(=O)Nc2ccccc2O)cc1OC. The van der Waals surface area contributed by atoms with E-state index in [1.54, 1.807) is 36.4 Å². The number of para-hydroxylation sites is 2. The largest absolute Gasteiger partial charge is 0.506 e. The molecule has 110 valence electrons. The van der Waals surface area contributed by atoms with Crippen LogP contribution in [0.15, 0.2) is 42.5 Å². The maximum absolute atomic E-state index is 11.9. The lowest BCUT2D eigenvalue weighted by Crippen LogP contribution is -2.19. The highest BCUT2D eigenvalue weighted by molar-refractivity contribution is 6.00.